The van der Waals surface area contributed by atoms with Crippen molar-refractivity contribution in [2.24, 2.45) is 0 Å². The zero-order valence-electron chi connectivity index (χ0n) is 17.6. The Morgan fingerprint density at radius 2 is 2.16 bits per heavy atom. The normalized spacial score (nSPS) is 15.8. The number of hydrogen-bond donors (Lipinski definition) is 2. The lowest BCUT2D eigenvalue weighted by atomic mass is 10.0. The SMILES string of the molecule is COC(=O)C=Cc1ccc2c(c1)CCC2N(CCO)CCc1c[nH]c2cc(Cl)ccc12. The summed E-state index contributed by atoms with van der Waals surface area (Å²) in [5, 5.41) is 11.6. The van der Waals surface area contributed by atoms with Gasteiger partial charge in [-0.3, -0.25) is 4.90 Å². The van der Waals surface area contributed by atoms with E-state index in [0.717, 1.165) is 41.9 Å². The third-order valence-corrected chi connectivity index (χ3v) is 6.29. The summed E-state index contributed by atoms with van der Waals surface area (Å²) in [4.78, 5) is 17.0. The van der Waals surface area contributed by atoms with E-state index in [2.05, 4.69) is 39.0 Å². The first kappa shape index (κ1) is 21.6. The molecule has 1 aromatic heterocycles. The predicted molar refractivity (Wildman–Crippen MR) is 124 cm³/mol. The molecule has 3 aromatic rings. The van der Waals surface area contributed by atoms with Crippen LogP contribution in [0.1, 0.15) is 34.7 Å². The number of aliphatic hydroxyl groups excluding tert-OH is 1. The smallest absolute Gasteiger partial charge is 0.330 e. The van der Waals surface area contributed by atoms with E-state index in [0.29, 0.717) is 12.6 Å². The predicted octanol–water partition coefficient (Wildman–Crippen LogP) is 4.53. The van der Waals surface area contributed by atoms with Crippen LogP contribution in [0.2, 0.25) is 5.02 Å². The fourth-order valence-corrected chi connectivity index (χ4v) is 4.68. The highest BCUT2D eigenvalue weighted by molar-refractivity contribution is 6.31. The first-order chi connectivity index (χ1) is 15.1. The van der Waals surface area contributed by atoms with Gasteiger partial charge < -0.3 is 14.8 Å². The molecule has 0 aliphatic heterocycles. The number of hydrogen-bond acceptors (Lipinski definition) is 4. The summed E-state index contributed by atoms with van der Waals surface area (Å²) in [7, 11) is 1.38. The molecular weight excluding hydrogens is 412 g/mol. The van der Waals surface area contributed by atoms with Crippen LogP contribution in [0.4, 0.5) is 0 Å². The van der Waals surface area contributed by atoms with Crippen LogP contribution in [-0.2, 0) is 22.4 Å². The second-order valence-corrected chi connectivity index (χ2v) is 8.32. The summed E-state index contributed by atoms with van der Waals surface area (Å²) in [6.07, 6.45) is 8.21. The minimum Gasteiger partial charge on any atom is -0.466 e. The summed E-state index contributed by atoms with van der Waals surface area (Å²) in [5.74, 6) is -0.355. The molecule has 0 radical (unpaired) electrons. The third kappa shape index (κ3) is 4.85. The highest BCUT2D eigenvalue weighted by atomic mass is 35.5. The summed E-state index contributed by atoms with van der Waals surface area (Å²) in [5.41, 5.74) is 5.93. The van der Waals surface area contributed by atoms with E-state index in [4.69, 9.17) is 11.6 Å². The molecule has 0 saturated carbocycles. The second kappa shape index (κ2) is 9.69. The number of nitrogens with zero attached hydrogens (tertiary/aromatic N) is 1. The molecule has 1 heterocycles. The Hall–Kier alpha value is -2.60. The minimum absolute atomic E-state index is 0.134. The van der Waals surface area contributed by atoms with Gasteiger partial charge in [-0.2, -0.15) is 0 Å². The number of esters is 1. The standard InChI is InChI=1S/C25H27ClN2O3/c1-31-25(30)9-3-17-2-6-22-18(14-17)4-8-24(22)28(12-13-29)11-10-19-16-27-23-15-20(26)5-7-21(19)23/h2-3,5-7,9,14-16,24,27,29H,4,8,10-13H2,1H3. The number of ether oxygens (including phenoxy) is 1. The third-order valence-electron chi connectivity index (χ3n) is 6.05. The van der Waals surface area contributed by atoms with Crippen LogP contribution in [0.5, 0.6) is 0 Å². The maximum atomic E-state index is 11.4. The number of carbonyl (C=O) groups is 1. The van der Waals surface area contributed by atoms with E-state index in [1.165, 1.54) is 35.3 Å². The average Bonchev–Trinajstić information content (AvgIpc) is 3.38. The van der Waals surface area contributed by atoms with E-state index in [1.807, 2.05) is 18.2 Å². The van der Waals surface area contributed by atoms with E-state index in [1.54, 1.807) is 6.08 Å². The molecule has 4 rings (SSSR count). The maximum Gasteiger partial charge on any atom is 0.330 e. The zero-order chi connectivity index (χ0) is 21.8. The number of aromatic nitrogens is 1. The van der Waals surface area contributed by atoms with E-state index < -0.39 is 0 Å². The number of aliphatic hydroxyl groups is 1. The molecule has 1 aliphatic rings. The molecule has 0 fully saturated rings. The molecule has 2 aromatic carbocycles. The number of halogens is 1. The van der Waals surface area contributed by atoms with Crippen LogP contribution in [0.25, 0.3) is 17.0 Å². The van der Waals surface area contributed by atoms with E-state index in [-0.39, 0.29) is 12.6 Å². The molecule has 0 bridgehead atoms. The summed E-state index contributed by atoms with van der Waals surface area (Å²) >= 11 is 6.10. The van der Waals surface area contributed by atoms with Gasteiger partial charge >= 0.3 is 5.97 Å². The Bertz CT molecular complexity index is 1110. The van der Waals surface area contributed by atoms with Gasteiger partial charge in [-0.15, -0.1) is 0 Å². The molecule has 1 atom stereocenters. The van der Waals surface area contributed by atoms with Crippen LogP contribution >= 0.6 is 11.6 Å². The number of methoxy groups -OCH3 is 1. The molecular formula is C25H27ClN2O3. The second-order valence-electron chi connectivity index (χ2n) is 7.88. The van der Waals surface area contributed by atoms with Gasteiger partial charge in [-0.05, 0) is 59.7 Å². The molecule has 0 spiro atoms. The van der Waals surface area contributed by atoms with Crippen LogP contribution in [-0.4, -0.2) is 47.8 Å². The molecule has 1 unspecified atom stereocenters. The van der Waals surface area contributed by atoms with Crippen LogP contribution in [0.15, 0.2) is 48.7 Å². The molecule has 6 heteroatoms. The quantitative estimate of drug-likeness (QED) is 0.400. The first-order valence-corrected chi connectivity index (χ1v) is 11.0. The molecule has 2 N–H and O–H groups in total. The fourth-order valence-electron chi connectivity index (χ4n) is 4.51. The van der Waals surface area contributed by atoms with Crippen molar-refractivity contribution in [3.05, 3.63) is 75.9 Å². The molecule has 5 nitrogen and oxygen atoms in total. The monoisotopic (exact) mass is 438 g/mol. The Balaban J connectivity index is 1.49. The number of fused-ring (bicyclic) bond motifs is 2. The Labute approximate surface area is 187 Å². The molecule has 31 heavy (non-hydrogen) atoms. The van der Waals surface area contributed by atoms with Crippen molar-refractivity contribution in [3.63, 3.8) is 0 Å². The minimum atomic E-state index is -0.355. The Kier molecular flexibility index (Phi) is 6.76. The highest BCUT2D eigenvalue weighted by Gasteiger charge is 2.27. The summed E-state index contributed by atoms with van der Waals surface area (Å²) in [6.45, 7) is 1.64. The number of benzene rings is 2. The topological polar surface area (TPSA) is 65.6 Å². The largest absolute Gasteiger partial charge is 0.466 e. The van der Waals surface area contributed by atoms with Gasteiger partial charge in [-0.1, -0.05) is 35.9 Å². The number of rotatable bonds is 8. The van der Waals surface area contributed by atoms with E-state index >= 15 is 0 Å². The van der Waals surface area contributed by atoms with Gasteiger partial charge in [0.05, 0.1) is 13.7 Å². The van der Waals surface area contributed by atoms with Gasteiger partial charge in [0.1, 0.15) is 0 Å². The fraction of sp³-hybridized carbons (Fsp3) is 0.320. The molecule has 0 saturated heterocycles. The number of nitrogens with one attached hydrogen (secondary N) is 1. The molecule has 1 aliphatic carbocycles. The zero-order valence-corrected chi connectivity index (χ0v) is 18.4. The Morgan fingerprint density at radius 1 is 1.29 bits per heavy atom. The van der Waals surface area contributed by atoms with Gasteiger partial charge in [0.2, 0.25) is 0 Å². The van der Waals surface area contributed by atoms with Crippen molar-refractivity contribution in [3.8, 4) is 0 Å². The van der Waals surface area contributed by atoms with Crippen molar-refractivity contribution >= 4 is 34.5 Å². The average molecular weight is 439 g/mol. The van der Waals surface area contributed by atoms with Gasteiger partial charge in [0, 0.05) is 47.3 Å². The van der Waals surface area contributed by atoms with Crippen molar-refractivity contribution in [2.45, 2.75) is 25.3 Å². The lowest BCUT2D eigenvalue weighted by Gasteiger charge is -2.29. The number of aromatic amines is 1. The van der Waals surface area contributed by atoms with Crippen molar-refractivity contribution in [1.29, 1.82) is 0 Å². The maximum absolute atomic E-state index is 11.4. The Morgan fingerprint density at radius 3 is 2.97 bits per heavy atom. The highest BCUT2D eigenvalue weighted by Crippen LogP contribution is 2.36. The van der Waals surface area contributed by atoms with Crippen LogP contribution < -0.4 is 0 Å². The summed E-state index contributed by atoms with van der Waals surface area (Å²) in [6, 6.07) is 12.6. The van der Waals surface area contributed by atoms with Gasteiger partial charge in [-0.25, -0.2) is 4.79 Å². The molecule has 162 valence electrons. The number of aryl methyl sites for hydroxylation is 1. The lowest BCUT2D eigenvalue weighted by Crippen LogP contribution is -2.32. The molecule has 0 amide bonds. The first-order valence-electron chi connectivity index (χ1n) is 10.6. The van der Waals surface area contributed by atoms with Crippen LogP contribution in [0, 0.1) is 0 Å². The van der Waals surface area contributed by atoms with Gasteiger partial charge in [0.25, 0.3) is 0 Å². The lowest BCUT2D eigenvalue weighted by molar-refractivity contribution is -0.134. The number of carbonyl (C=O) groups excluding carboxylic acids is 1. The van der Waals surface area contributed by atoms with Gasteiger partial charge in [0.15, 0.2) is 0 Å². The summed E-state index contributed by atoms with van der Waals surface area (Å²) < 4.78 is 4.67. The van der Waals surface area contributed by atoms with Crippen molar-refractivity contribution in [1.82, 2.24) is 9.88 Å². The van der Waals surface area contributed by atoms with Crippen molar-refractivity contribution < 1.29 is 14.6 Å². The van der Waals surface area contributed by atoms with E-state index in [9.17, 15) is 9.90 Å². The van der Waals surface area contributed by atoms with Crippen molar-refractivity contribution in [2.75, 3.05) is 26.8 Å². The van der Waals surface area contributed by atoms with Crippen LogP contribution in [0.3, 0.4) is 0 Å². The number of H-pyrrole nitrogens is 1.